The lowest BCUT2D eigenvalue weighted by Gasteiger charge is -2.07. The van der Waals surface area contributed by atoms with Crippen LogP contribution < -0.4 is 10.1 Å². The smallest absolute Gasteiger partial charge is 0.146 e. The highest BCUT2D eigenvalue weighted by atomic mass is 16.5. The molecule has 3 heteroatoms. The number of aryl methyl sites for hydroxylation is 3. The van der Waals surface area contributed by atoms with Gasteiger partial charge in [0.1, 0.15) is 23.9 Å². The molecule has 114 valence electrons. The predicted molar refractivity (Wildman–Crippen MR) is 85.7 cm³/mol. The molecule has 0 radical (unpaired) electrons. The molecular weight excluding hydrogens is 262 g/mol. The number of ether oxygens (including phenoxy) is 1. The van der Waals surface area contributed by atoms with E-state index in [0.717, 1.165) is 36.8 Å². The maximum absolute atomic E-state index is 5.85. The lowest BCUT2D eigenvalue weighted by Crippen LogP contribution is -2.13. The summed E-state index contributed by atoms with van der Waals surface area (Å²) in [4.78, 5) is 0. The average molecular weight is 287 g/mol. The molecule has 1 heterocycles. The number of furan rings is 1. The largest absolute Gasteiger partial charge is 0.486 e. The van der Waals surface area contributed by atoms with Crippen molar-refractivity contribution in [2.75, 3.05) is 6.54 Å². The Balaban J connectivity index is 1.93. The van der Waals surface area contributed by atoms with Gasteiger partial charge in [0.25, 0.3) is 0 Å². The van der Waals surface area contributed by atoms with Crippen LogP contribution >= 0.6 is 0 Å². The van der Waals surface area contributed by atoms with Gasteiger partial charge in [0, 0.05) is 0 Å². The van der Waals surface area contributed by atoms with Gasteiger partial charge in [0.05, 0.1) is 6.54 Å². The van der Waals surface area contributed by atoms with Crippen molar-refractivity contribution >= 4 is 0 Å². The van der Waals surface area contributed by atoms with Crippen LogP contribution in [0.25, 0.3) is 0 Å². The molecule has 0 unspecified atom stereocenters. The maximum Gasteiger partial charge on any atom is 0.146 e. The molecule has 0 fully saturated rings. The first kappa shape index (κ1) is 15.6. The molecule has 1 aromatic heterocycles. The van der Waals surface area contributed by atoms with Gasteiger partial charge in [-0.05, 0) is 68.6 Å². The van der Waals surface area contributed by atoms with Crippen molar-refractivity contribution in [2.45, 2.75) is 47.3 Å². The second-order valence-corrected chi connectivity index (χ2v) is 5.53. The van der Waals surface area contributed by atoms with Gasteiger partial charge in [-0.15, -0.1) is 0 Å². The third-order valence-electron chi connectivity index (χ3n) is 3.64. The van der Waals surface area contributed by atoms with Crippen molar-refractivity contribution in [3.8, 4) is 5.75 Å². The van der Waals surface area contributed by atoms with Crippen LogP contribution in [0.1, 0.15) is 41.6 Å². The van der Waals surface area contributed by atoms with Crippen LogP contribution in [0.15, 0.2) is 28.7 Å². The van der Waals surface area contributed by atoms with Gasteiger partial charge < -0.3 is 14.5 Å². The quantitative estimate of drug-likeness (QED) is 0.772. The van der Waals surface area contributed by atoms with Gasteiger partial charge in [-0.2, -0.15) is 0 Å². The van der Waals surface area contributed by atoms with E-state index in [1.54, 1.807) is 0 Å². The minimum Gasteiger partial charge on any atom is -0.486 e. The monoisotopic (exact) mass is 287 g/mol. The summed E-state index contributed by atoms with van der Waals surface area (Å²) in [5, 5.41) is 3.36. The Hall–Kier alpha value is -1.74. The Morgan fingerprint density at radius 1 is 1.05 bits per heavy atom. The Morgan fingerprint density at radius 2 is 1.86 bits per heavy atom. The van der Waals surface area contributed by atoms with Crippen molar-refractivity contribution in [1.82, 2.24) is 5.32 Å². The molecule has 0 saturated heterocycles. The SMILES string of the molecule is CCCNCc1oc(COc2ccc(C)c(C)c2)cc1C. The predicted octanol–water partition coefficient (Wildman–Crippen LogP) is 4.28. The second-order valence-electron chi connectivity index (χ2n) is 5.53. The first-order valence-electron chi connectivity index (χ1n) is 7.59. The molecule has 1 N–H and O–H groups in total. The third-order valence-corrected chi connectivity index (χ3v) is 3.64. The van der Waals surface area contributed by atoms with Gasteiger partial charge in [0.15, 0.2) is 0 Å². The summed E-state index contributed by atoms with van der Waals surface area (Å²) >= 11 is 0. The number of benzene rings is 1. The molecule has 0 bridgehead atoms. The normalized spacial score (nSPS) is 10.9. The highest BCUT2D eigenvalue weighted by molar-refractivity contribution is 5.34. The number of rotatable bonds is 7. The van der Waals surface area contributed by atoms with Crippen LogP contribution in [0.3, 0.4) is 0 Å². The molecule has 0 amide bonds. The Bertz CT molecular complexity index is 587. The zero-order valence-corrected chi connectivity index (χ0v) is 13.5. The van der Waals surface area contributed by atoms with Gasteiger partial charge >= 0.3 is 0 Å². The summed E-state index contributed by atoms with van der Waals surface area (Å²) in [6.45, 7) is 10.7. The second kappa shape index (κ2) is 7.32. The molecule has 0 saturated carbocycles. The zero-order valence-electron chi connectivity index (χ0n) is 13.5. The molecule has 0 spiro atoms. The fourth-order valence-electron chi connectivity index (χ4n) is 2.17. The van der Waals surface area contributed by atoms with E-state index < -0.39 is 0 Å². The molecule has 21 heavy (non-hydrogen) atoms. The van der Waals surface area contributed by atoms with Crippen LogP contribution in [0.2, 0.25) is 0 Å². The summed E-state index contributed by atoms with van der Waals surface area (Å²) in [6, 6.07) is 8.21. The highest BCUT2D eigenvalue weighted by Gasteiger charge is 2.08. The van der Waals surface area contributed by atoms with Crippen molar-refractivity contribution in [2.24, 2.45) is 0 Å². The van der Waals surface area contributed by atoms with E-state index in [0.29, 0.717) is 6.61 Å². The van der Waals surface area contributed by atoms with E-state index in [9.17, 15) is 0 Å². The van der Waals surface area contributed by atoms with E-state index in [-0.39, 0.29) is 0 Å². The minimum absolute atomic E-state index is 0.469. The van der Waals surface area contributed by atoms with Gasteiger partial charge in [-0.1, -0.05) is 13.0 Å². The summed E-state index contributed by atoms with van der Waals surface area (Å²) in [5.74, 6) is 2.76. The van der Waals surface area contributed by atoms with E-state index in [1.807, 2.05) is 6.07 Å². The molecule has 2 aromatic rings. The Labute approximate surface area is 127 Å². The zero-order chi connectivity index (χ0) is 15.2. The number of hydrogen-bond donors (Lipinski definition) is 1. The first-order valence-corrected chi connectivity index (χ1v) is 7.59. The Kier molecular flexibility index (Phi) is 5.45. The fraction of sp³-hybridized carbons (Fsp3) is 0.444. The van der Waals surface area contributed by atoms with Gasteiger partial charge in [-0.3, -0.25) is 0 Å². The number of nitrogens with one attached hydrogen (secondary N) is 1. The summed E-state index contributed by atoms with van der Waals surface area (Å²) < 4.78 is 11.7. The van der Waals surface area contributed by atoms with E-state index in [4.69, 9.17) is 9.15 Å². The van der Waals surface area contributed by atoms with Crippen LogP contribution in [-0.2, 0) is 13.2 Å². The minimum atomic E-state index is 0.469. The Morgan fingerprint density at radius 3 is 2.57 bits per heavy atom. The molecular formula is C18H25NO2. The molecule has 2 rings (SSSR count). The van der Waals surface area contributed by atoms with Crippen LogP contribution in [0.5, 0.6) is 5.75 Å². The number of hydrogen-bond acceptors (Lipinski definition) is 3. The van der Waals surface area contributed by atoms with Crippen molar-refractivity contribution in [3.63, 3.8) is 0 Å². The maximum atomic E-state index is 5.85. The highest BCUT2D eigenvalue weighted by Crippen LogP contribution is 2.20. The van der Waals surface area contributed by atoms with Crippen LogP contribution in [0.4, 0.5) is 0 Å². The van der Waals surface area contributed by atoms with Crippen molar-refractivity contribution < 1.29 is 9.15 Å². The van der Waals surface area contributed by atoms with Crippen molar-refractivity contribution in [1.29, 1.82) is 0 Å². The van der Waals surface area contributed by atoms with Crippen LogP contribution in [0, 0.1) is 20.8 Å². The molecule has 3 nitrogen and oxygen atoms in total. The lowest BCUT2D eigenvalue weighted by molar-refractivity contribution is 0.265. The molecule has 1 aromatic carbocycles. The fourth-order valence-corrected chi connectivity index (χ4v) is 2.17. The third kappa shape index (κ3) is 4.36. The van der Waals surface area contributed by atoms with Gasteiger partial charge in [0.2, 0.25) is 0 Å². The summed E-state index contributed by atoms with van der Waals surface area (Å²) in [5.41, 5.74) is 3.70. The van der Waals surface area contributed by atoms with Crippen molar-refractivity contribution in [3.05, 3.63) is 52.5 Å². The summed E-state index contributed by atoms with van der Waals surface area (Å²) in [7, 11) is 0. The van der Waals surface area contributed by atoms with Gasteiger partial charge in [-0.25, -0.2) is 0 Å². The standard InChI is InChI=1S/C18H25NO2/c1-5-8-19-11-18-15(4)10-17(21-18)12-20-16-7-6-13(2)14(3)9-16/h6-7,9-10,19H,5,8,11-12H2,1-4H3. The van der Waals surface area contributed by atoms with E-state index in [2.05, 4.69) is 51.2 Å². The first-order chi connectivity index (χ1) is 10.1. The summed E-state index contributed by atoms with van der Waals surface area (Å²) in [6.07, 6.45) is 1.13. The molecule has 0 aliphatic heterocycles. The topological polar surface area (TPSA) is 34.4 Å². The molecule has 0 aliphatic rings. The lowest BCUT2D eigenvalue weighted by atomic mass is 10.1. The van der Waals surface area contributed by atoms with Crippen LogP contribution in [-0.4, -0.2) is 6.54 Å². The van der Waals surface area contributed by atoms with E-state index in [1.165, 1.54) is 16.7 Å². The molecule has 0 atom stereocenters. The van der Waals surface area contributed by atoms with E-state index >= 15 is 0 Å². The molecule has 0 aliphatic carbocycles. The average Bonchev–Trinajstić information content (AvgIpc) is 2.81.